The summed E-state index contributed by atoms with van der Waals surface area (Å²) in [6, 6.07) is 4.72. The monoisotopic (exact) mass is 326 g/mol. The zero-order valence-electron chi connectivity index (χ0n) is 12.9. The van der Waals surface area contributed by atoms with E-state index >= 15 is 0 Å². The third-order valence-corrected chi connectivity index (χ3v) is 5.62. The van der Waals surface area contributed by atoms with Crippen LogP contribution in [0.3, 0.4) is 0 Å². The molecule has 2 heterocycles. The van der Waals surface area contributed by atoms with Gasteiger partial charge in [-0.1, -0.05) is 6.92 Å². The van der Waals surface area contributed by atoms with E-state index in [-0.39, 0.29) is 10.9 Å². The normalized spacial score (nSPS) is 25.9. The molecule has 0 saturated carbocycles. The number of benzene rings is 1. The second-order valence-corrected chi connectivity index (χ2v) is 7.80. The van der Waals surface area contributed by atoms with Crippen LogP contribution in [-0.2, 0) is 10.0 Å². The Balaban J connectivity index is 1.82. The predicted molar refractivity (Wildman–Crippen MR) is 82.8 cm³/mol. The van der Waals surface area contributed by atoms with Gasteiger partial charge in [0.15, 0.2) is 11.5 Å². The molecule has 2 unspecified atom stereocenters. The van der Waals surface area contributed by atoms with Gasteiger partial charge in [0, 0.05) is 31.6 Å². The van der Waals surface area contributed by atoms with Crippen molar-refractivity contribution >= 4 is 10.0 Å². The predicted octanol–water partition coefficient (Wildman–Crippen LogP) is 1.08. The summed E-state index contributed by atoms with van der Waals surface area (Å²) in [6.45, 7) is 4.81. The molecule has 0 aromatic heterocycles. The van der Waals surface area contributed by atoms with Gasteiger partial charge in [0.2, 0.25) is 10.0 Å². The first-order chi connectivity index (χ1) is 10.5. The molecule has 1 N–H and O–H groups in total. The van der Waals surface area contributed by atoms with E-state index in [2.05, 4.69) is 16.5 Å². The van der Waals surface area contributed by atoms with Crippen molar-refractivity contribution in [2.45, 2.75) is 24.3 Å². The molecule has 2 aliphatic rings. The highest BCUT2D eigenvalue weighted by molar-refractivity contribution is 7.89. The summed E-state index contributed by atoms with van der Waals surface area (Å²) in [5.74, 6) is 1.39. The summed E-state index contributed by atoms with van der Waals surface area (Å²) in [7, 11) is -1.56. The number of rotatable bonds is 3. The zero-order valence-corrected chi connectivity index (χ0v) is 13.7. The highest BCUT2D eigenvalue weighted by Crippen LogP contribution is 2.32. The molecule has 7 heteroatoms. The summed E-state index contributed by atoms with van der Waals surface area (Å²) in [5, 5.41) is 0. The van der Waals surface area contributed by atoms with Crippen molar-refractivity contribution in [2.75, 3.05) is 33.4 Å². The minimum absolute atomic E-state index is 0.0639. The number of ether oxygens (including phenoxy) is 2. The molecule has 0 aliphatic carbocycles. The Bertz CT molecular complexity index is 647. The first kappa shape index (κ1) is 15.6. The second-order valence-electron chi connectivity index (χ2n) is 6.09. The molecule has 0 amide bonds. The summed E-state index contributed by atoms with van der Waals surface area (Å²) in [5.41, 5.74) is 0. The first-order valence-corrected chi connectivity index (χ1v) is 9.04. The molecular weight excluding hydrogens is 304 g/mol. The number of hydrogen-bond acceptors (Lipinski definition) is 5. The molecule has 2 aliphatic heterocycles. The molecule has 6 nitrogen and oxygen atoms in total. The number of likely N-dealkylation sites (N-methyl/N-ethyl adjacent to an activating group) is 1. The van der Waals surface area contributed by atoms with Crippen LogP contribution in [0.15, 0.2) is 23.1 Å². The number of sulfonamides is 1. The highest BCUT2D eigenvalue weighted by Gasteiger charge is 2.31. The Kier molecular flexibility index (Phi) is 4.29. The van der Waals surface area contributed by atoms with Crippen molar-refractivity contribution in [1.29, 1.82) is 0 Å². The van der Waals surface area contributed by atoms with Gasteiger partial charge < -0.3 is 14.4 Å². The minimum atomic E-state index is -3.56. The first-order valence-electron chi connectivity index (χ1n) is 7.56. The maximum atomic E-state index is 12.6. The van der Waals surface area contributed by atoms with Crippen LogP contribution in [-0.4, -0.2) is 52.7 Å². The van der Waals surface area contributed by atoms with Crippen molar-refractivity contribution in [3.63, 3.8) is 0 Å². The number of likely N-dealkylation sites (tertiary alicyclic amines) is 1. The largest absolute Gasteiger partial charge is 0.490 e. The number of fused-ring (bicyclic) bond motifs is 1. The van der Waals surface area contributed by atoms with Crippen molar-refractivity contribution in [3.05, 3.63) is 18.2 Å². The van der Waals surface area contributed by atoms with Gasteiger partial charge in [-0.3, -0.25) is 0 Å². The van der Waals surface area contributed by atoms with Crippen LogP contribution < -0.4 is 14.2 Å². The van der Waals surface area contributed by atoms with Gasteiger partial charge in [-0.15, -0.1) is 0 Å². The fraction of sp³-hybridized carbons (Fsp3) is 0.600. The lowest BCUT2D eigenvalue weighted by Gasteiger charge is -2.17. The lowest BCUT2D eigenvalue weighted by molar-refractivity contribution is 0.297. The molecule has 1 aromatic rings. The molecule has 3 rings (SSSR count). The van der Waals surface area contributed by atoms with Crippen molar-refractivity contribution in [3.8, 4) is 11.5 Å². The lowest BCUT2D eigenvalue weighted by Crippen LogP contribution is -2.39. The van der Waals surface area contributed by atoms with Crippen molar-refractivity contribution in [2.24, 2.45) is 5.92 Å². The number of hydrogen-bond donors (Lipinski definition) is 1. The lowest BCUT2D eigenvalue weighted by atomic mass is 10.1. The molecule has 2 atom stereocenters. The molecular formula is C15H22N2O4S. The highest BCUT2D eigenvalue weighted by atomic mass is 32.2. The molecule has 0 radical (unpaired) electrons. The van der Waals surface area contributed by atoms with Crippen LogP contribution in [0.1, 0.15) is 13.3 Å². The minimum Gasteiger partial charge on any atom is -0.490 e. The Morgan fingerprint density at radius 3 is 2.59 bits per heavy atom. The SMILES string of the molecule is CC1CN(C)CC1NS(=O)(=O)c1ccc2c(c1)OCCCO2. The maximum absolute atomic E-state index is 12.6. The molecule has 0 bridgehead atoms. The average Bonchev–Trinajstić information content (AvgIpc) is 2.66. The number of nitrogens with zero attached hydrogens (tertiary/aromatic N) is 1. The summed E-state index contributed by atoms with van der Waals surface area (Å²) < 4.78 is 39.1. The van der Waals surface area contributed by atoms with Crippen LogP contribution in [0.25, 0.3) is 0 Å². The van der Waals surface area contributed by atoms with Gasteiger partial charge in [0.05, 0.1) is 18.1 Å². The third-order valence-electron chi connectivity index (χ3n) is 4.13. The Hall–Kier alpha value is -1.31. The maximum Gasteiger partial charge on any atom is 0.241 e. The van der Waals surface area contributed by atoms with Crippen LogP contribution in [0.4, 0.5) is 0 Å². The van der Waals surface area contributed by atoms with Crippen LogP contribution >= 0.6 is 0 Å². The summed E-state index contributed by atoms with van der Waals surface area (Å²) in [4.78, 5) is 2.35. The fourth-order valence-corrected chi connectivity index (χ4v) is 4.29. The summed E-state index contributed by atoms with van der Waals surface area (Å²) in [6.07, 6.45) is 0.793. The van der Waals surface area contributed by atoms with E-state index in [4.69, 9.17) is 9.47 Å². The topological polar surface area (TPSA) is 67.9 Å². The van der Waals surface area contributed by atoms with E-state index in [0.717, 1.165) is 19.5 Å². The van der Waals surface area contributed by atoms with Gasteiger partial charge in [-0.05, 0) is 25.1 Å². The standard InChI is InChI=1S/C15H22N2O4S/c1-11-9-17(2)10-13(11)16-22(18,19)12-4-5-14-15(8-12)21-7-3-6-20-14/h4-5,8,11,13,16H,3,6-7,9-10H2,1-2H3. The van der Waals surface area contributed by atoms with E-state index < -0.39 is 10.0 Å². The van der Waals surface area contributed by atoms with Crippen molar-refractivity contribution < 1.29 is 17.9 Å². The van der Waals surface area contributed by atoms with E-state index in [0.29, 0.717) is 30.6 Å². The molecule has 22 heavy (non-hydrogen) atoms. The smallest absolute Gasteiger partial charge is 0.241 e. The molecule has 122 valence electrons. The average molecular weight is 326 g/mol. The van der Waals surface area contributed by atoms with Crippen molar-refractivity contribution in [1.82, 2.24) is 9.62 Å². The molecule has 1 saturated heterocycles. The number of nitrogens with one attached hydrogen (secondary N) is 1. The Labute approximate surface area is 131 Å². The Morgan fingerprint density at radius 1 is 1.18 bits per heavy atom. The van der Waals surface area contributed by atoms with E-state index in [9.17, 15) is 8.42 Å². The molecule has 0 spiro atoms. The van der Waals surface area contributed by atoms with Gasteiger partial charge in [0.1, 0.15) is 0 Å². The van der Waals surface area contributed by atoms with E-state index in [1.807, 2.05) is 7.05 Å². The molecule has 1 aromatic carbocycles. The van der Waals surface area contributed by atoms with Gasteiger partial charge in [0.25, 0.3) is 0 Å². The van der Waals surface area contributed by atoms with E-state index in [1.165, 1.54) is 0 Å². The zero-order chi connectivity index (χ0) is 15.7. The molecule has 1 fully saturated rings. The second kappa shape index (κ2) is 6.06. The van der Waals surface area contributed by atoms with Gasteiger partial charge >= 0.3 is 0 Å². The quantitative estimate of drug-likeness (QED) is 0.900. The van der Waals surface area contributed by atoms with E-state index in [1.54, 1.807) is 18.2 Å². The third kappa shape index (κ3) is 3.21. The Morgan fingerprint density at radius 2 is 1.91 bits per heavy atom. The van der Waals surface area contributed by atoms with Crippen LogP contribution in [0, 0.1) is 5.92 Å². The summed E-state index contributed by atoms with van der Waals surface area (Å²) >= 11 is 0. The van der Waals surface area contributed by atoms with Crippen LogP contribution in [0.5, 0.6) is 11.5 Å². The van der Waals surface area contributed by atoms with Gasteiger partial charge in [-0.25, -0.2) is 13.1 Å². The fourth-order valence-electron chi connectivity index (χ4n) is 2.94. The van der Waals surface area contributed by atoms with Gasteiger partial charge in [-0.2, -0.15) is 0 Å². The van der Waals surface area contributed by atoms with Crippen LogP contribution in [0.2, 0.25) is 0 Å².